The molecule has 26 heavy (non-hydrogen) atoms. The van der Waals surface area contributed by atoms with Crippen molar-refractivity contribution in [3.63, 3.8) is 0 Å². The van der Waals surface area contributed by atoms with Crippen LogP contribution in [0.25, 0.3) is 0 Å². The van der Waals surface area contributed by atoms with E-state index in [1.54, 1.807) is 18.4 Å². The lowest BCUT2D eigenvalue weighted by Crippen LogP contribution is -2.34. The molecule has 3 rings (SSSR count). The lowest BCUT2D eigenvalue weighted by atomic mass is 10.00. The first-order valence-corrected chi connectivity index (χ1v) is 10.1. The molecule has 1 aliphatic carbocycles. The molecular weight excluding hydrogens is 344 g/mol. The molecule has 0 aliphatic heterocycles. The van der Waals surface area contributed by atoms with Gasteiger partial charge in [0, 0.05) is 17.6 Å². The minimum Gasteiger partial charge on any atom is -0.332 e. The molecule has 1 aliphatic rings. The third-order valence-corrected chi connectivity index (χ3v) is 6.00. The highest BCUT2D eigenvalue weighted by Crippen LogP contribution is 2.29. The van der Waals surface area contributed by atoms with E-state index in [1.165, 1.54) is 41.0 Å². The van der Waals surface area contributed by atoms with Gasteiger partial charge in [-0.2, -0.15) is 0 Å². The molecule has 0 saturated carbocycles. The number of thiophene rings is 1. The van der Waals surface area contributed by atoms with Crippen molar-refractivity contribution in [3.8, 4) is 0 Å². The van der Waals surface area contributed by atoms with Gasteiger partial charge in [-0.3, -0.25) is 9.59 Å². The first kappa shape index (κ1) is 18.6. The molecule has 0 spiro atoms. The Morgan fingerprint density at radius 2 is 1.77 bits per heavy atom. The van der Waals surface area contributed by atoms with Crippen molar-refractivity contribution in [1.29, 1.82) is 0 Å². The molecule has 138 valence electrons. The monoisotopic (exact) mass is 370 g/mol. The van der Waals surface area contributed by atoms with Crippen LogP contribution in [0.15, 0.2) is 30.3 Å². The third-order valence-electron chi connectivity index (χ3n) is 4.77. The summed E-state index contributed by atoms with van der Waals surface area (Å²) in [5.74, 6) is -0.250. The highest BCUT2D eigenvalue weighted by molar-refractivity contribution is 7.14. The Hall–Kier alpha value is -2.14. The van der Waals surface area contributed by atoms with Crippen LogP contribution in [0.2, 0.25) is 0 Å². The topological polar surface area (TPSA) is 49.4 Å². The van der Waals surface area contributed by atoms with E-state index in [0.717, 1.165) is 29.0 Å². The van der Waals surface area contributed by atoms with Gasteiger partial charge in [-0.1, -0.05) is 30.5 Å². The van der Waals surface area contributed by atoms with Crippen molar-refractivity contribution < 1.29 is 9.59 Å². The largest absolute Gasteiger partial charge is 0.332 e. The van der Waals surface area contributed by atoms with Crippen LogP contribution in [-0.2, 0) is 17.6 Å². The van der Waals surface area contributed by atoms with Gasteiger partial charge in [-0.15, -0.1) is 11.3 Å². The molecule has 2 aromatic rings. The maximum absolute atomic E-state index is 12.7. The second-order valence-electron chi connectivity index (χ2n) is 7.05. The number of amides is 2. The highest BCUT2D eigenvalue weighted by Gasteiger charge is 2.20. The number of nitrogens with zero attached hydrogens (tertiary/aromatic N) is 1. The summed E-state index contributed by atoms with van der Waals surface area (Å²) in [5, 5.41) is 2.84. The molecule has 0 saturated heterocycles. The average Bonchev–Trinajstić information content (AvgIpc) is 2.98. The number of fused-ring (bicyclic) bond motifs is 1. The van der Waals surface area contributed by atoms with E-state index in [9.17, 15) is 9.59 Å². The number of benzene rings is 1. The number of hydrogen-bond donors (Lipinski definition) is 1. The molecule has 0 unspecified atom stereocenters. The highest BCUT2D eigenvalue weighted by atomic mass is 32.1. The molecule has 1 heterocycles. The summed E-state index contributed by atoms with van der Waals surface area (Å²) in [5.41, 5.74) is 3.22. The number of carbonyl (C=O) groups excluding carboxylic acids is 2. The Balaban J connectivity index is 1.61. The molecule has 0 atom stereocenters. The van der Waals surface area contributed by atoms with Gasteiger partial charge in [0.15, 0.2) is 0 Å². The van der Waals surface area contributed by atoms with Gasteiger partial charge in [-0.25, -0.2) is 0 Å². The fourth-order valence-electron chi connectivity index (χ4n) is 3.26. The maximum Gasteiger partial charge on any atom is 0.264 e. The Labute approximate surface area is 159 Å². The lowest BCUT2D eigenvalue weighted by Gasteiger charge is -2.16. The van der Waals surface area contributed by atoms with Crippen molar-refractivity contribution in [2.24, 2.45) is 0 Å². The van der Waals surface area contributed by atoms with Gasteiger partial charge in [0.2, 0.25) is 5.91 Å². The second kappa shape index (κ2) is 8.49. The van der Waals surface area contributed by atoms with Crippen LogP contribution >= 0.6 is 11.3 Å². The van der Waals surface area contributed by atoms with E-state index >= 15 is 0 Å². The second-order valence-corrected chi connectivity index (χ2v) is 8.19. The van der Waals surface area contributed by atoms with Gasteiger partial charge in [-0.05, 0) is 56.4 Å². The van der Waals surface area contributed by atoms with Gasteiger partial charge < -0.3 is 10.2 Å². The van der Waals surface area contributed by atoms with Crippen molar-refractivity contribution in [3.05, 3.63) is 51.2 Å². The van der Waals surface area contributed by atoms with Crippen LogP contribution in [-0.4, -0.2) is 30.3 Å². The lowest BCUT2D eigenvalue weighted by molar-refractivity contribution is -0.116. The Morgan fingerprint density at radius 1 is 1.08 bits per heavy atom. The smallest absolute Gasteiger partial charge is 0.264 e. The molecule has 1 aromatic heterocycles. The molecular formula is C21H26N2O2S. The molecule has 1 N–H and O–H groups in total. The summed E-state index contributed by atoms with van der Waals surface area (Å²) in [7, 11) is 1.69. The normalized spacial score (nSPS) is 14.1. The minimum atomic E-state index is -0.181. The number of anilines is 1. The van der Waals surface area contributed by atoms with Crippen molar-refractivity contribution in [1.82, 2.24) is 4.90 Å². The Kier molecular flexibility index (Phi) is 6.09. The molecule has 1 aromatic carbocycles. The van der Waals surface area contributed by atoms with Crippen molar-refractivity contribution in [2.45, 2.75) is 45.4 Å². The van der Waals surface area contributed by atoms with E-state index in [-0.39, 0.29) is 18.4 Å². The summed E-state index contributed by atoms with van der Waals surface area (Å²) in [6.07, 6.45) is 7.10. The number of hydrogen-bond acceptors (Lipinski definition) is 3. The number of rotatable bonds is 4. The van der Waals surface area contributed by atoms with Gasteiger partial charge in [0.25, 0.3) is 5.91 Å². The predicted octanol–water partition coefficient (Wildman–Crippen LogP) is 4.43. The number of aryl methyl sites for hydroxylation is 3. The van der Waals surface area contributed by atoms with Crippen LogP contribution in [0.1, 0.15) is 51.4 Å². The first-order chi connectivity index (χ1) is 12.5. The number of carbonyl (C=O) groups is 2. The zero-order valence-electron chi connectivity index (χ0n) is 15.5. The van der Waals surface area contributed by atoms with E-state index in [2.05, 4.69) is 5.32 Å². The standard InChI is InChI=1S/C21H26N2O2S/c1-15-9-11-17(12-10-15)22-20(24)14-23(2)21(25)19-13-16-7-5-3-4-6-8-18(16)26-19/h9-13H,3-8,14H2,1-2H3,(H,22,24). The summed E-state index contributed by atoms with van der Waals surface area (Å²) >= 11 is 1.60. The number of likely N-dealkylation sites (N-methyl/N-ethyl adjacent to an activating group) is 1. The van der Waals surface area contributed by atoms with Crippen LogP contribution < -0.4 is 5.32 Å². The fourth-order valence-corrected chi connectivity index (χ4v) is 4.51. The molecule has 2 amide bonds. The molecule has 0 fully saturated rings. The van der Waals surface area contributed by atoms with Crippen LogP contribution in [0.3, 0.4) is 0 Å². The zero-order chi connectivity index (χ0) is 18.5. The summed E-state index contributed by atoms with van der Waals surface area (Å²) in [6.45, 7) is 2.05. The molecule has 4 nitrogen and oxygen atoms in total. The SMILES string of the molecule is Cc1ccc(NC(=O)CN(C)C(=O)c2cc3c(s2)CCCCCC3)cc1. The van der Waals surface area contributed by atoms with Gasteiger partial charge in [0.05, 0.1) is 11.4 Å². The van der Waals surface area contributed by atoms with Crippen LogP contribution in [0.5, 0.6) is 0 Å². The summed E-state index contributed by atoms with van der Waals surface area (Å²) in [4.78, 5) is 28.6. The van der Waals surface area contributed by atoms with Gasteiger partial charge in [0.1, 0.15) is 0 Å². The Bertz CT molecular complexity index is 754. The van der Waals surface area contributed by atoms with Crippen LogP contribution in [0, 0.1) is 6.92 Å². The summed E-state index contributed by atoms with van der Waals surface area (Å²) < 4.78 is 0. The van der Waals surface area contributed by atoms with Crippen molar-refractivity contribution in [2.75, 3.05) is 18.9 Å². The number of nitrogens with one attached hydrogen (secondary N) is 1. The Morgan fingerprint density at radius 3 is 2.50 bits per heavy atom. The minimum absolute atomic E-state index is 0.0509. The van der Waals surface area contributed by atoms with Crippen molar-refractivity contribution >= 4 is 28.8 Å². The van der Waals surface area contributed by atoms with E-state index in [0.29, 0.717) is 0 Å². The molecule has 5 heteroatoms. The van der Waals surface area contributed by atoms with E-state index in [4.69, 9.17) is 0 Å². The van der Waals surface area contributed by atoms with E-state index < -0.39 is 0 Å². The van der Waals surface area contributed by atoms with E-state index in [1.807, 2.05) is 37.3 Å². The first-order valence-electron chi connectivity index (χ1n) is 9.26. The average molecular weight is 371 g/mol. The predicted molar refractivity (Wildman–Crippen MR) is 107 cm³/mol. The molecule has 0 bridgehead atoms. The fraction of sp³-hybridized carbons (Fsp3) is 0.429. The summed E-state index contributed by atoms with van der Waals surface area (Å²) in [6, 6.07) is 9.68. The maximum atomic E-state index is 12.7. The van der Waals surface area contributed by atoms with Crippen LogP contribution in [0.4, 0.5) is 5.69 Å². The van der Waals surface area contributed by atoms with Gasteiger partial charge >= 0.3 is 0 Å². The third kappa shape index (κ3) is 4.73. The zero-order valence-corrected chi connectivity index (χ0v) is 16.3. The quantitative estimate of drug-likeness (QED) is 0.866. The molecule has 0 radical (unpaired) electrons.